The van der Waals surface area contributed by atoms with Gasteiger partial charge in [-0.15, -0.1) is 0 Å². The Kier molecular flexibility index (Phi) is 15.6. The van der Waals surface area contributed by atoms with Gasteiger partial charge >= 0.3 is 0 Å². The van der Waals surface area contributed by atoms with E-state index in [1.807, 2.05) is 61.5 Å². The van der Waals surface area contributed by atoms with Gasteiger partial charge in [-0.3, -0.25) is 4.79 Å². The summed E-state index contributed by atoms with van der Waals surface area (Å²) in [5, 5.41) is 0. The van der Waals surface area contributed by atoms with Crippen molar-refractivity contribution in [3.05, 3.63) is 11.8 Å². The van der Waals surface area contributed by atoms with E-state index >= 15 is 0 Å². The first-order valence-electron chi connectivity index (χ1n) is 7.41. The lowest BCUT2D eigenvalue weighted by Gasteiger charge is -2.29. The van der Waals surface area contributed by atoms with Gasteiger partial charge in [0, 0.05) is 13.6 Å². The van der Waals surface area contributed by atoms with Gasteiger partial charge in [0.05, 0.1) is 18.9 Å². The molecule has 122 valence electrons. The first-order chi connectivity index (χ1) is 9.20. The van der Waals surface area contributed by atoms with Crippen LogP contribution in [0.5, 0.6) is 0 Å². The number of allylic oxidation sites excluding steroid dienone is 1. The minimum atomic E-state index is -0.478. The molecular weight excluding hydrogens is 252 g/mol. The fourth-order valence-corrected chi connectivity index (χ4v) is 1.05. The first-order valence-corrected chi connectivity index (χ1v) is 7.41. The SMILES string of the molecule is CC.CC.CO/C(C)=C/CN(C)C(=O)C(N)C(C)(C)C. The molecule has 0 saturated heterocycles. The maximum absolute atomic E-state index is 11.9. The third-order valence-corrected chi connectivity index (χ3v) is 2.55. The number of methoxy groups -OCH3 is 1. The number of ether oxygens (including phenoxy) is 1. The predicted molar refractivity (Wildman–Crippen MR) is 88.5 cm³/mol. The van der Waals surface area contributed by atoms with Crippen molar-refractivity contribution in [3.8, 4) is 0 Å². The van der Waals surface area contributed by atoms with Crippen molar-refractivity contribution in [2.45, 2.75) is 61.4 Å². The highest BCUT2D eigenvalue weighted by atomic mass is 16.5. The van der Waals surface area contributed by atoms with Gasteiger partial charge in [0.1, 0.15) is 0 Å². The Morgan fingerprint density at radius 2 is 1.65 bits per heavy atom. The first kappa shape index (κ1) is 24.0. The van der Waals surface area contributed by atoms with Gasteiger partial charge in [0.25, 0.3) is 0 Å². The predicted octanol–water partition coefficient (Wildman–Crippen LogP) is 3.42. The molecule has 0 aliphatic rings. The molecule has 4 heteroatoms. The molecule has 1 unspecified atom stereocenters. The van der Waals surface area contributed by atoms with Crippen molar-refractivity contribution < 1.29 is 9.53 Å². The van der Waals surface area contributed by atoms with Gasteiger partial charge in [-0.25, -0.2) is 0 Å². The van der Waals surface area contributed by atoms with E-state index in [1.54, 1.807) is 19.1 Å². The molecule has 1 amide bonds. The van der Waals surface area contributed by atoms with Crippen LogP contribution < -0.4 is 5.73 Å². The van der Waals surface area contributed by atoms with Gasteiger partial charge in [0.2, 0.25) is 5.91 Å². The second-order valence-corrected chi connectivity index (χ2v) is 5.08. The third-order valence-electron chi connectivity index (χ3n) is 2.55. The van der Waals surface area contributed by atoms with E-state index < -0.39 is 6.04 Å². The van der Waals surface area contributed by atoms with E-state index in [9.17, 15) is 4.79 Å². The minimum absolute atomic E-state index is 0.0485. The molecule has 0 aliphatic carbocycles. The van der Waals surface area contributed by atoms with Crippen LogP contribution >= 0.6 is 0 Å². The standard InChI is InChI=1S/C12H24N2O2.2C2H6/c1-9(16-6)7-8-14(5)11(15)10(13)12(2,3)4;2*1-2/h7,10H,8,13H2,1-6H3;2*1-2H3/b9-7+;;. The lowest BCUT2D eigenvalue weighted by atomic mass is 9.86. The van der Waals surface area contributed by atoms with Crippen LogP contribution in [0.1, 0.15) is 55.4 Å². The summed E-state index contributed by atoms with van der Waals surface area (Å²) in [6, 6.07) is -0.478. The zero-order valence-corrected chi connectivity index (χ0v) is 15.2. The molecule has 0 saturated carbocycles. The van der Waals surface area contributed by atoms with Gasteiger partial charge in [-0.05, 0) is 18.4 Å². The lowest BCUT2D eigenvalue weighted by molar-refractivity contribution is -0.133. The number of amides is 1. The van der Waals surface area contributed by atoms with Gasteiger partial charge in [0.15, 0.2) is 0 Å². The summed E-state index contributed by atoms with van der Waals surface area (Å²) in [5.74, 6) is 0.747. The number of carbonyl (C=O) groups is 1. The van der Waals surface area contributed by atoms with E-state index in [4.69, 9.17) is 10.5 Å². The number of nitrogens with zero attached hydrogens (tertiary/aromatic N) is 1. The fourth-order valence-electron chi connectivity index (χ4n) is 1.05. The van der Waals surface area contributed by atoms with E-state index in [0.29, 0.717) is 6.54 Å². The van der Waals surface area contributed by atoms with Crippen LogP contribution in [0.15, 0.2) is 11.8 Å². The average molecular weight is 288 g/mol. The molecule has 0 rings (SSSR count). The van der Waals surface area contributed by atoms with Crippen molar-refractivity contribution in [2.75, 3.05) is 20.7 Å². The number of rotatable bonds is 4. The number of nitrogens with two attached hydrogens (primary N) is 1. The molecule has 0 spiro atoms. The van der Waals surface area contributed by atoms with E-state index in [2.05, 4.69) is 0 Å². The Morgan fingerprint density at radius 3 is 1.95 bits per heavy atom. The Morgan fingerprint density at radius 1 is 1.25 bits per heavy atom. The average Bonchev–Trinajstić information content (AvgIpc) is 2.45. The van der Waals surface area contributed by atoms with E-state index in [-0.39, 0.29) is 11.3 Å². The second-order valence-electron chi connectivity index (χ2n) is 5.08. The summed E-state index contributed by atoms with van der Waals surface area (Å²) in [6.45, 7) is 16.2. The highest BCUT2D eigenvalue weighted by Crippen LogP contribution is 2.18. The molecule has 2 N–H and O–H groups in total. The van der Waals surface area contributed by atoms with Crippen molar-refractivity contribution in [3.63, 3.8) is 0 Å². The quantitative estimate of drug-likeness (QED) is 0.806. The summed E-state index contributed by atoms with van der Waals surface area (Å²) in [7, 11) is 3.35. The Hall–Kier alpha value is -1.03. The molecule has 1 atom stereocenters. The van der Waals surface area contributed by atoms with Crippen LogP contribution in [0.4, 0.5) is 0 Å². The molecule has 0 radical (unpaired) electrons. The largest absolute Gasteiger partial charge is 0.502 e. The third kappa shape index (κ3) is 10.9. The monoisotopic (exact) mass is 288 g/mol. The van der Waals surface area contributed by atoms with Crippen LogP contribution in [0.3, 0.4) is 0 Å². The smallest absolute Gasteiger partial charge is 0.240 e. The van der Waals surface area contributed by atoms with Crippen LogP contribution in [0, 0.1) is 5.41 Å². The van der Waals surface area contributed by atoms with Crippen LogP contribution in [-0.4, -0.2) is 37.6 Å². The van der Waals surface area contributed by atoms with Crippen molar-refractivity contribution in [1.82, 2.24) is 4.90 Å². The molecule has 4 nitrogen and oxygen atoms in total. The molecule has 0 heterocycles. The number of carbonyl (C=O) groups excluding carboxylic acids is 1. The molecule has 0 aromatic carbocycles. The molecule has 0 fully saturated rings. The van der Waals surface area contributed by atoms with Crippen molar-refractivity contribution >= 4 is 5.91 Å². The Balaban J connectivity index is -0.000000656. The summed E-state index contributed by atoms with van der Waals surface area (Å²) in [5.41, 5.74) is 5.67. The number of hydrogen-bond acceptors (Lipinski definition) is 3. The molecule has 0 bridgehead atoms. The van der Waals surface area contributed by atoms with Gasteiger partial charge in [-0.1, -0.05) is 48.5 Å². The number of hydrogen-bond donors (Lipinski definition) is 1. The van der Waals surface area contributed by atoms with E-state index in [1.165, 1.54) is 0 Å². The Bertz CT molecular complexity index is 268. The van der Waals surface area contributed by atoms with E-state index in [0.717, 1.165) is 5.76 Å². The summed E-state index contributed by atoms with van der Waals surface area (Å²) < 4.78 is 5.00. The minimum Gasteiger partial charge on any atom is -0.502 e. The van der Waals surface area contributed by atoms with Crippen molar-refractivity contribution in [2.24, 2.45) is 11.1 Å². The lowest BCUT2D eigenvalue weighted by Crippen LogP contribution is -2.49. The molecular formula is C16H36N2O2. The fraction of sp³-hybridized carbons (Fsp3) is 0.812. The molecule has 0 aliphatic heterocycles. The van der Waals surface area contributed by atoms with Crippen molar-refractivity contribution in [1.29, 1.82) is 0 Å². The van der Waals surface area contributed by atoms with Crippen LogP contribution in [0.25, 0.3) is 0 Å². The molecule has 20 heavy (non-hydrogen) atoms. The van der Waals surface area contributed by atoms with Crippen LogP contribution in [-0.2, 0) is 9.53 Å². The maximum Gasteiger partial charge on any atom is 0.240 e. The van der Waals surface area contributed by atoms with Gasteiger partial charge in [-0.2, -0.15) is 0 Å². The topological polar surface area (TPSA) is 55.6 Å². The highest BCUT2D eigenvalue weighted by Gasteiger charge is 2.29. The Labute approximate surface area is 126 Å². The second kappa shape index (κ2) is 13.0. The number of likely N-dealkylation sites (N-methyl/N-ethyl adjacent to an activating group) is 1. The highest BCUT2D eigenvalue weighted by molar-refractivity contribution is 5.82. The van der Waals surface area contributed by atoms with Crippen LogP contribution in [0.2, 0.25) is 0 Å². The van der Waals surface area contributed by atoms with Gasteiger partial charge < -0.3 is 15.4 Å². The summed E-state index contributed by atoms with van der Waals surface area (Å²) in [4.78, 5) is 13.5. The molecule has 0 aromatic heterocycles. The molecule has 0 aromatic rings. The maximum atomic E-state index is 11.9. The summed E-state index contributed by atoms with van der Waals surface area (Å²) >= 11 is 0. The normalized spacial score (nSPS) is 12.2. The summed E-state index contributed by atoms with van der Waals surface area (Å²) in [6.07, 6.45) is 1.85. The zero-order chi connectivity index (χ0) is 16.9. The zero-order valence-electron chi connectivity index (χ0n) is 15.2.